The molecule has 1 aromatic heterocycles. The lowest BCUT2D eigenvalue weighted by Crippen LogP contribution is -2.48. The fourth-order valence-corrected chi connectivity index (χ4v) is 3.47. The number of pyridine rings is 1. The second-order valence-corrected chi connectivity index (χ2v) is 7.66. The first-order valence-corrected chi connectivity index (χ1v) is 8.83. The van der Waals surface area contributed by atoms with Crippen LogP contribution in [0.25, 0.3) is 10.9 Å². The maximum Gasteiger partial charge on any atom is 0.410 e. The highest BCUT2D eigenvalue weighted by Gasteiger charge is 2.35. The Kier molecular flexibility index (Phi) is 5.14. The zero-order chi connectivity index (χ0) is 18.9. The van der Waals surface area contributed by atoms with Crippen molar-refractivity contribution in [1.82, 2.24) is 9.88 Å². The average molecular weight is 360 g/mol. The van der Waals surface area contributed by atoms with E-state index < -0.39 is 5.60 Å². The normalized spacial score (nSPS) is 21.0. The minimum absolute atomic E-state index is 0.0611. The summed E-state index contributed by atoms with van der Waals surface area (Å²) in [7, 11) is 1.64. The molecule has 1 amide bonds. The number of likely N-dealkylation sites (tertiary alicyclic amines) is 1. The number of fused-ring (bicyclic) bond motifs is 1. The van der Waals surface area contributed by atoms with E-state index in [-0.39, 0.29) is 23.9 Å². The van der Waals surface area contributed by atoms with Gasteiger partial charge in [-0.3, -0.25) is 4.98 Å². The molecule has 0 radical (unpaired) electrons. The zero-order valence-electron chi connectivity index (χ0n) is 15.7. The largest absolute Gasteiger partial charge is 0.444 e. The molecule has 1 aliphatic rings. The van der Waals surface area contributed by atoms with Gasteiger partial charge in [-0.2, -0.15) is 0 Å². The van der Waals surface area contributed by atoms with E-state index >= 15 is 0 Å². The third kappa shape index (κ3) is 3.96. The molecule has 140 valence electrons. The van der Waals surface area contributed by atoms with E-state index in [9.17, 15) is 9.18 Å². The number of piperidine rings is 1. The first kappa shape index (κ1) is 18.6. The van der Waals surface area contributed by atoms with Gasteiger partial charge in [0.05, 0.1) is 18.2 Å². The molecule has 2 heterocycles. The maximum absolute atomic E-state index is 13.8. The second kappa shape index (κ2) is 7.19. The predicted molar refractivity (Wildman–Crippen MR) is 97.7 cm³/mol. The molecule has 5 nitrogen and oxygen atoms in total. The number of halogens is 1. The first-order chi connectivity index (χ1) is 12.3. The highest BCUT2D eigenvalue weighted by molar-refractivity contribution is 5.82. The SMILES string of the molecule is CO[C@@H]1CN(C(=O)OC(C)(C)C)CC[C@H]1c1ccnc2ccc(F)cc12. The second-order valence-electron chi connectivity index (χ2n) is 7.66. The summed E-state index contributed by atoms with van der Waals surface area (Å²) in [6.45, 7) is 6.56. The van der Waals surface area contributed by atoms with Gasteiger partial charge in [0, 0.05) is 31.2 Å². The molecule has 1 aromatic carbocycles. The van der Waals surface area contributed by atoms with E-state index in [0.717, 1.165) is 16.5 Å². The predicted octanol–water partition coefficient (Wildman–Crippen LogP) is 4.11. The van der Waals surface area contributed by atoms with Crippen LogP contribution < -0.4 is 0 Å². The molecule has 0 bridgehead atoms. The topological polar surface area (TPSA) is 51.7 Å². The van der Waals surface area contributed by atoms with Crippen molar-refractivity contribution in [3.63, 3.8) is 0 Å². The molecular weight excluding hydrogens is 335 g/mol. The van der Waals surface area contributed by atoms with Crippen LogP contribution >= 0.6 is 0 Å². The Morgan fingerprint density at radius 3 is 2.77 bits per heavy atom. The van der Waals surface area contributed by atoms with Gasteiger partial charge >= 0.3 is 6.09 Å². The Hall–Kier alpha value is -2.21. The maximum atomic E-state index is 13.8. The Morgan fingerprint density at radius 1 is 1.31 bits per heavy atom. The van der Waals surface area contributed by atoms with E-state index in [0.29, 0.717) is 19.5 Å². The Morgan fingerprint density at radius 2 is 2.08 bits per heavy atom. The van der Waals surface area contributed by atoms with Crippen LogP contribution in [-0.4, -0.2) is 47.9 Å². The number of carbonyl (C=O) groups is 1. The number of methoxy groups -OCH3 is 1. The van der Waals surface area contributed by atoms with Crippen LogP contribution in [0.3, 0.4) is 0 Å². The summed E-state index contributed by atoms with van der Waals surface area (Å²) >= 11 is 0. The molecule has 0 aliphatic carbocycles. The van der Waals surface area contributed by atoms with Crippen molar-refractivity contribution < 1.29 is 18.7 Å². The van der Waals surface area contributed by atoms with Gasteiger partial charge in [-0.25, -0.2) is 9.18 Å². The molecule has 2 aromatic rings. The molecule has 0 spiro atoms. The van der Waals surface area contributed by atoms with E-state index in [1.807, 2.05) is 26.8 Å². The van der Waals surface area contributed by atoms with Crippen LogP contribution in [0.2, 0.25) is 0 Å². The minimum atomic E-state index is -0.532. The molecule has 2 atom stereocenters. The molecule has 3 rings (SSSR count). The van der Waals surface area contributed by atoms with Crippen LogP contribution in [0, 0.1) is 5.82 Å². The number of hydrogen-bond acceptors (Lipinski definition) is 4. The van der Waals surface area contributed by atoms with Gasteiger partial charge in [-0.1, -0.05) is 0 Å². The molecule has 26 heavy (non-hydrogen) atoms. The van der Waals surface area contributed by atoms with E-state index in [2.05, 4.69) is 4.98 Å². The van der Waals surface area contributed by atoms with Crippen molar-refractivity contribution in [3.8, 4) is 0 Å². The van der Waals surface area contributed by atoms with Crippen LogP contribution in [0.5, 0.6) is 0 Å². The summed E-state index contributed by atoms with van der Waals surface area (Å²) in [6, 6.07) is 6.54. The Labute approximate surface area is 153 Å². The third-order valence-corrected chi connectivity index (χ3v) is 4.65. The number of benzene rings is 1. The highest BCUT2D eigenvalue weighted by Crippen LogP contribution is 2.34. The summed E-state index contributed by atoms with van der Waals surface area (Å²) in [5.74, 6) is -0.224. The summed E-state index contributed by atoms with van der Waals surface area (Å²) < 4.78 is 24.9. The van der Waals surface area contributed by atoms with Gasteiger partial charge in [0.2, 0.25) is 0 Å². The van der Waals surface area contributed by atoms with Crippen LogP contribution in [0.1, 0.15) is 38.7 Å². The highest BCUT2D eigenvalue weighted by atomic mass is 19.1. The van der Waals surface area contributed by atoms with Gasteiger partial charge in [0.15, 0.2) is 0 Å². The lowest BCUT2D eigenvalue weighted by molar-refractivity contribution is -0.0137. The van der Waals surface area contributed by atoms with Gasteiger partial charge in [0.1, 0.15) is 11.4 Å². The number of rotatable bonds is 2. The van der Waals surface area contributed by atoms with E-state index in [1.54, 1.807) is 24.3 Å². The lowest BCUT2D eigenvalue weighted by Gasteiger charge is -2.38. The summed E-state index contributed by atoms with van der Waals surface area (Å²) in [4.78, 5) is 18.4. The standard InChI is InChI=1S/C20H25FN2O3/c1-20(2,3)26-19(24)23-10-8-15(18(12-23)25-4)14-7-9-22-17-6-5-13(21)11-16(14)17/h5-7,9,11,15,18H,8,10,12H2,1-4H3/t15-,18+/m0/s1. The van der Waals surface area contributed by atoms with Gasteiger partial charge in [0.25, 0.3) is 0 Å². The van der Waals surface area contributed by atoms with Crippen LogP contribution in [0.4, 0.5) is 9.18 Å². The Bertz CT molecular complexity index is 803. The summed E-state index contributed by atoms with van der Waals surface area (Å²) in [6.07, 6.45) is 1.93. The smallest absolute Gasteiger partial charge is 0.410 e. The average Bonchev–Trinajstić information content (AvgIpc) is 2.59. The zero-order valence-corrected chi connectivity index (χ0v) is 15.7. The molecule has 0 saturated carbocycles. The van der Waals surface area contributed by atoms with Crippen molar-refractivity contribution in [2.75, 3.05) is 20.2 Å². The van der Waals surface area contributed by atoms with Gasteiger partial charge in [-0.05, 0) is 57.0 Å². The number of carbonyl (C=O) groups excluding carboxylic acids is 1. The van der Waals surface area contributed by atoms with Gasteiger partial charge < -0.3 is 14.4 Å². The summed E-state index contributed by atoms with van der Waals surface area (Å²) in [5, 5.41) is 0.797. The summed E-state index contributed by atoms with van der Waals surface area (Å²) in [5.41, 5.74) is 1.23. The van der Waals surface area contributed by atoms with Crippen LogP contribution in [0.15, 0.2) is 30.5 Å². The minimum Gasteiger partial charge on any atom is -0.444 e. The fourth-order valence-electron chi connectivity index (χ4n) is 3.47. The number of aromatic nitrogens is 1. The molecule has 0 N–H and O–H groups in total. The quantitative estimate of drug-likeness (QED) is 0.809. The van der Waals surface area contributed by atoms with E-state index in [1.165, 1.54) is 12.1 Å². The first-order valence-electron chi connectivity index (χ1n) is 8.83. The van der Waals surface area contributed by atoms with Crippen molar-refractivity contribution >= 4 is 17.0 Å². The molecule has 1 fully saturated rings. The molecular formula is C20H25FN2O3. The molecule has 1 aliphatic heterocycles. The number of ether oxygens (including phenoxy) is 2. The van der Waals surface area contributed by atoms with Crippen LogP contribution in [-0.2, 0) is 9.47 Å². The van der Waals surface area contributed by atoms with E-state index in [4.69, 9.17) is 9.47 Å². The lowest BCUT2D eigenvalue weighted by atomic mass is 9.85. The molecule has 0 unspecified atom stereocenters. The van der Waals surface area contributed by atoms with Crippen molar-refractivity contribution in [2.24, 2.45) is 0 Å². The van der Waals surface area contributed by atoms with Crippen molar-refractivity contribution in [2.45, 2.75) is 44.8 Å². The van der Waals surface area contributed by atoms with Crippen molar-refractivity contribution in [1.29, 1.82) is 0 Å². The number of amides is 1. The number of nitrogens with zero attached hydrogens (tertiary/aromatic N) is 2. The third-order valence-electron chi connectivity index (χ3n) is 4.65. The Balaban J connectivity index is 1.85. The van der Waals surface area contributed by atoms with Crippen molar-refractivity contribution in [3.05, 3.63) is 41.8 Å². The molecule has 6 heteroatoms. The fraction of sp³-hybridized carbons (Fsp3) is 0.500. The van der Waals surface area contributed by atoms with Gasteiger partial charge in [-0.15, -0.1) is 0 Å². The monoisotopic (exact) mass is 360 g/mol. The number of hydrogen-bond donors (Lipinski definition) is 0. The molecule has 1 saturated heterocycles.